The van der Waals surface area contributed by atoms with Crippen LogP contribution in [0.15, 0.2) is 37.0 Å². The monoisotopic (exact) mass is 396 g/mol. The standard InChI is InChI=1S/C29H48/c1-9-10-24-26-14-13-25(22(5)12-11-20(2)3)29(26,8)18-16-27(24)28(7)17-15-21(4)19-23(28)6/h9,21-22,24-27H,1-2,6,10-19H2,3-5,7-8H3. The molecule has 3 rings (SSSR count). The van der Waals surface area contributed by atoms with Gasteiger partial charge in [-0.15, -0.1) is 13.2 Å². The maximum absolute atomic E-state index is 4.64. The molecule has 8 unspecified atom stereocenters. The van der Waals surface area contributed by atoms with Gasteiger partial charge in [-0.05, 0) is 117 Å². The number of allylic oxidation sites excluding steroid dienone is 3. The molecule has 0 aromatic carbocycles. The summed E-state index contributed by atoms with van der Waals surface area (Å²) in [6.07, 6.45) is 15.7. The molecular formula is C29H48. The molecule has 3 fully saturated rings. The molecule has 0 amide bonds. The number of rotatable bonds is 7. The molecule has 0 N–H and O–H groups in total. The minimum Gasteiger partial charge on any atom is -0.103 e. The fourth-order valence-corrected chi connectivity index (χ4v) is 8.18. The summed E-state index contributed by atoms with van der Waals surface area (Å²) in [7, 11) is 0. The van der Waals surface area contributed by atoms with Crippen LogP contribution in [-0.2, 0) is 0 Å². The van der Waals surface area contributed by atoms with Crippen molar-refractivity contribution in [3.8, 4) is 0 Å². The largest absolute Gasteiger partial charge is 0.103 e. The molecule has 0 aliphatic heterocycles. The molecule has 164 valence electrons. The summed E-state index contributed by atoms with van der Waals surface area (Å²) in [5, 5.41) is 0. The van der Waals surface area contributed by atoms with Crippen LogP contribution in [0.25, 0.3) is 0 Å². The second-order valence-corrected chi connectivity index (χ2v) is 12.0. The van der Waals surface area contributed by atoms with Crippen molar-refractivity contribution < 1.29 is 0 Å². The van der Waals surface area contributed by atoms with Gasteiger partial charge in [-0.25, -0.2) is 0 Å². The lowest BCUT2D eigenvalue weighted by molar-refractivity contribution is -0.0450. The van der Waals surface area contributed by atoms with E-state index in [9.17, 15) is 0 Å². The molecule has 8 atom stereocenters. The van der Waals surface area contributed by atoms with Crippen LogP contribution < -0.4 is 0 Å². The first-order chi connectivity index (χ1) is 13.6. The third kappa shape index (κ3) is 4.20. The van der Waals surface area contributed by atoms with E-state index in [2.05, 4.69) is 60.4 Å². The van der Waals surface area contributed by atoms with Crippen LogP contribution in [0.4, 0.5) is 0 Å². The predicted octanol–water partition coefficient (Wildman–Crippen LogP) is 9.00. The Morgan fingerprint density at radius 3 is 2.48 bits per heavy atom. The van der Waals surface area contributed by atoms with Gasteiger partial charge >= 0.3 is 0 Å². The van der Waals surface area contributed by atoms with Gasteiger partial charge in [0, 0.05) is 0 Å². The molecule has 0 nitrogen and oxygen atoms in total. The van der Waals surface area contributed by atoms with Gasteiger partial charge in [0.2, 0.25) is 0 Å². The van der Waals surface area contributed by atoms with Crippen LogP contribution in [0.2, 0.25) is 0 Å². The lowest BCUT2D eigenvalue weighted by atomic mass is 9.48. The lowest BCUT2D eigenvalue weighted by Crippen LogP contribution is -2.48. The fraction of sp³-hybridized carbons (Fsp3) is 0.793. The molecule has 3 aliphatic rings. The molecule has 3 saturated carbocycles. The Morgan fingerprint density at radius 2 is 1.86 bits per heavy atom. The first kappa shape index (κ1) is 22.9. The van der Waals surface area contributed by atoms with Crippen molar-refractivity contribution >= 4 is 0 Å². The van der Waals surface area contributed by atoms with Gasteiger partial charge in [0.1, 0.15) is 0 Å². The Balaban J connectivity index is 1.82. The molecular weight excluding hydrogens is 348 g/mol. The SMILES string of the molecule is C=CCC1C(C2(C)CCC(C)CC2=C)CCC2(C)C(C(C)CCC(=C)C)CCC12. The number of hydrogen-bond donors (Lipinski definition) is 0. The summed E-state index contributed by atoms with van der Waals surface area (Å²) >= 11 is 0. The van der Waals surface area contributed by atoms with Crippen molar-refractivity contribution in [2.45, 2.75) is 98.8 Å². The predicted molar refractivity (Wildman–Crippen MR) is 129 cm³/mol. The highest BCUT2D eigenvalue weighted by atomic mass is 14.6. The van der Waals surface area contributed by atoms with E-state index < -0.39 is 0 Å². The summed E-state index contributed by atoms with van der Waals surface area (Å²) in [5.74, 6) is 5.03. The first-order valence-electron chi connectivity index (χ1n) is 12.6. The molecule has 0 bridgehead atoms. The van der Waals surface area contributed by atoms with Gasteiger partial charge < -0.3 is 0 Å². The van der Waals surface area contributed by atoms with Gasteiger partial charge in [0.05, 0.1) is 0 Å². The minimum atomic E-state index is 0.352. The van der Waals surface area contributed by atoms with Crippen molar-refractivity contribution in [2.24, 2.45) is 46.3 Å². The average molecular weight is 397 g/mol. The molecule has 0 aromatic heterocycles. The zero-order valence-electron chi connectivity index (χ0n) is 20.2. The summed E-state index contributed by atoms with van der Waals surface area (Å²) in [5.41, 5.74) is 3.79. The summed E-state index contributed by atoms with van der Waals surface area (Å²) in [4.78, 5) is 0. The van der Waals surface area contributed by atoms with E-state index in [1.807, 2.05) is 0 Å². The highest BCUT2D eigenvalue weighted by Crippen LogP contribution is 2.66. The maximum Gasteiger partial charge on any atom is -0.00878 e. The van der Waals surface area contributed by atoms with Crippen LogP contribution in [0.5, 0.6) is 0 Å². The smallest absolute Gasteiger partial charge is 0.00878 e. The van der Waals surface area contributed by atoms with Crippen molar-refractivity contribution in [3.63, 3.8) is 0 Å². The molecule has 0 saturated heterocycles. The van der Waals surface area contributed by atoms with Crippen molar-refractivity contribution in [3.05, 3.63) is 37.0 Å². The van der Waals surface area contributed by atoms with E-state index in [1.54, 1.807) is 5.57 Å². The van der Waals surface area contributed by atoms with Crippen LogP contribution in [0, 0.1) is 46.3 Å². The summed E-state index contributed by atoms with van der Waals surface area (Å²) in [6, 6.07) is 0. The third-order valence-corrected chi connectivity index (χ3v) is 10.0. The van der Waals surface area contributed by atoms with Gasteiger partial charge in [0.25, 0.3) is 0 Å². The fourth-order valence-electron chi connectivity index (χ4n) is 8.18. The Hall–Kier alpha value is -0.780. The second kappa shape index (κ2) is 8.76. The third-order valence-electron chi connectivity index (χ3n) is 10.0. The normalized spacial score (nSPS) is 43.6. The van der Waals surface area contributed by atoms with Gasteiger partial charge in [-0.2, -0.15) is 0 Å². The van der Waals surface area contributed by atoms with E-state index in [0.29, 0.717) is 10.8 Å². The van der Waals surface area contributed by atoms with Crippen molar-refractivity contribution in [1.29, 1.82) is 0 Å². The number of hydrogen-bond acceptors (Lipinski definition) is 0. The molecule has 0 radical (unpaired) electrons. The molecule has 0 heteroatoms. The van der Waals surface area contributed by atoms with Gasteiger partial charge in [-0.3, -0.25) is 0 Å². The minimum absolute atomic E-state index is 0.352. The van der Waals surface area contributed by atoms with E-state index in [1.165, 1.54) is 69.8 Å². The Labute approximate surface area is 182 Å². The maximum atomic E-state index is 4.64. The van der Waals surface area contributed by atoms with Crippen LogP contribution in [-0.4, -0.2) is 0 Å². The van der Waals surface area contributed by atoms with E-state index >= 15 is 0 Å². The van der Waals surface area contributed by atoms with Crippen molar-refractivity contribution in [1.82, 2.24) is 0 Å². The van der Waals surface area contributed by atoms with Crippen LogP contribution >= 0.6 is 0 Å². The highest BCUT2D eigenvalue weighted by molar-refractivity contribution is 5.18. The first-order valence-corrected chi connectivity index (χ1v) is 12.6. The van der Waals surface area contributed by atoms with E-state index in [0.717, 1.165) is 35.5 Å². The second-order valence-electron chi connectivity index (χ2n) is 12.0. The highest BCUT2D eigenvalue weighted by Gasteiger charge is 2.57. The molecule has 0 heterocycles. The number of fused-ring (bicyclic) bond motifs is 1. The zero-order valence-corrected chi connectivity index (χ0v) is 20.2. The van der Waals surface area contributed by atoms with Gasteiger partial charge in [0.15, 0.2) is 0 Å². The molecule has 0 spiro atoms. The van der Waals surface area contributed by atoms with E-state index in [4.69, 9.17) is 0 Å². The molecule has 3 aliphatic carbocycles. The Kier molecular flexibility index (Phi) is 6.92. The zero-order chi connectivity index (χ0) is 21.4. The summed E-state index contributed by atoms with van der Waals surface area (Å²) < 4.78 is 0. The van der Waals surface area contributed by atoms with Crippen molar-refractivity contribution in [2.75, 3.05) is 0 Å². The Bertz CT molecular complexity index is 626. The van der Waals surface area contributed by atoms with E-state index in [-0.39, 0.29) is 0 Å². The molecule has 0 aromatic rings. The van der Waals surface area contributed by atoms with Crippen LogP contribution in [0.1, 0.15) is 98.8 Å². The van der Waals surface area contributed by atoms with Crippen LogP contribution in [0.3, 0.4) is 0 Å². The quantitative estimate of drug-likeness (QED) is 0.376. The Morgan fingerprint density at radius 1 is 1.14 bits per heavy atom. The average Bonchev–Trinajstić information content (AvgIpc) is 3.01. The summed E-state index contributed by atoms with van der Waals surface area (Å²) in [6.45, 7) is 25.4. The van der Waals surface area contributed by atoms with Gasteiger partial charge in [-0.1, -0.05) is 51.5 Å². The topological polar surface area (TPSA) is 0 Å². The molecule has 29 heavy (non-hydrogen) atoms. The lowest BCUT2D eigenvalue weighted by Gasteiger charge is -2.56.